The molecule has 0 unspecified atom stereocenters. The Hall–Kier alpha value is -4.05. The van der Waals surface area contributed by atoms with E-state index < -0.39 is 15.9 Å². The number of aromatic hydroxyl groups is 1. The predicted molar refractivity (Wildman–Crippen MR) is 125 cm³/mol. The van der Waals surface area contributed by atoms with E-state index in [9.17, 15) is 18.3 Å². The second-order valence-corrected chi connectivity index (χ2v) is 8.37. The largest absolute Gasteiger partial charge is 0.504 e. The highest BCUT2D eigenvalue weighted by atomic mass is 32.2. The maximum Gasteiger partial charge on any atom is 0.273 e. The first-order valence-corrected chi connectivity index (χ1v) is 11.4. The van der Waals surface area contributed by atoms with Crippen LogP contribution in [-0.2, 0) is 10.0 Å². The van der Waals surface area contributed by atoms with Crippen LogP contribution in [0.3, 0.4) is 0 Å². The lowest BCUT2D eigenvalue weighted by Gasteiger charge is -2.12. The molecule has 0 atom stereocenters. The highest BCUT2D eigenvalue weighted by molar-refractivity contribution is 7.92. The Labute approximate surface area is 191 Å². The van der Waals surface area contributed by atoms with Crippen molar-refractivity contribution in [2.24, 2.45) is 5.10 Å². The van der Waals surface area contributed by atoms with Gasteiger partial charge in [-0.3, -0.25) is 9.52 Å². The Morgan fingerprint density at radius 1 is 1.09 bits per heavy atom. The minimum absolute atomic E-state index is 0.0264. The number of carbonyl (C=O) groups is 1. The van der Waals surface area contributed by atoms with Gasteiger partial charge in [0.05, 0.1) is 36.1 Å². The molecule has 0 aliphatic carbocycles. The van der Waals surface area contributed by atoms with Crippen molar-refractivity contribution < 1.29 is 27.8 Å². The fraction of sp³-hybridized carbons (Fsp3) is 0.130. The molecule has 0 aliphatic heterocycles. The number of nitrogens with one attached hydrogen (secondary N) is 2. The molecule has 0 bridgehead atoms. The van der Waals surface area contributed by atoms with E-state index in [1.54, 1.807) is 36.4 Å². The number of amides is 1. The summed E-state index contributed by atoms with van der Waals surface area (Å²) in [6.07, 6.45) is 1.34. The van der Waals surface area contributed by atoms with Crippen LogP contribution in [0, 0.1) is 0 Å². The first-order chi connectivity index (χ1) is 15.8. The quantitative estimate of drug-likeness (QED) is 0.326. The van der Waals surface area contributed by atoms with Crippen molar-refractivity contribution in [1.82, 2.24) is 5.43 Å². The lowest BCUT2D eigenvalue weighted by molar-refractivity contribution is 0.0956. The van der Waals surface area contributed by atoms with Gasteiger partial charge in [0.15, 0.2) is 11.5 Å². The minimum Gasteiger partial charge on any atom is -0.504 e. The maximum absolute atomic E-state index is 12.8. The van der Waals surface area contributed by atoms with Crippen LogP contribution in [0.5, 0.6) is 17.2 Å². The molecule has 9 nitrogen and oxygen atoms in total. The zero-order valence-electron chi connectivity index (χ0n) is 18.0. The van der Waals surface area contributed by atoms with Gasteiger partial charge in [0.1, 0.15) is 5.75 Å². The SMILES string of the molecule is CCOc1ccc(S(=O)(=O)Nc2ccccc2C(=O)N/N=C/c2ccc(OC)c(O)c2)cc1. The fourth-order valence-electron chi connectivity index (χ4n) is 2.87. The second kappa shape index (κ2) is 10.5. The molecule has 0 heterocycles. The summed E-state index contributed by atoms with van der Waals surface area (Å²) in [7, 11) is -2.50. The average molecular weight is 470 g/mol. The van der Waals surface area contributed by atoms with Gasteiger partial charge >= 0.3 is 0 Å². The number of nitrogens with zero attached hydrogens (tertiary/aromatic N) is 1. The third-order valence-corrected chi connectivity index (χ3v) is 5.83. The normalized spacial score (nSPS) is 11.2. The van der Waals surface area contributed by atoms with Gasteiger partial charge in [0.2, 0.25) is 0 Å². The van der Waals surface area contributed by atoms with E-state index >= 15 is 0 Å². The number of sulfonamides is 1. The molecule has 3 N–H and O–H groups in total. The van der Waals surface area contributed by atoms with Crippen molar-refractivity contribution in [3.05, 3.63) is 77.9 Å². The summed E-state index contributed by atoms with van der Waals surface area (Å²) < 4.78 is 38.3. The van der Waals surface area contributed by atoms with E-state index in [0.29, 0.717) is 23.7 Å². The second-order valence-electron chi connectivity index (χ2n) is 6.69. The van der Waals surface area contributed by atoms with Crippen LogP contribution < -0.4 is 19.6 Å². The number of benzene rings is 3. The van der Waals surface area contributed by atoms with Gasteiger partial charge in [-0.05, 0) is 67.1 Å². The van der Waals surface area contributed by atoms with Crippen molar-refractivity contribution >= 4 is 27.8 Å². The minimum atomic E-state index is -3.94. The van der Waals surface area contributed by atoms with Crippen LogP contribution in [0.2, 0.25) is 0 Å². The molecule has 0 radical (unpaired) electrons. The van der Waals surface area contributed by atoms with Crippen molar-refractivity contribution in [2.75, 3.05) is 18.4 Å². The Morgan fingerprint density at radius 3 is 2.48 bits per heavy atom. The summed E-state index contributed by atoms with van der Waals surface area (Å²) in [5, 5.41) is 13.7. The molecule has 0 saturated carbocycles. The summed E-state index contributed by atoms with van der Waals surface area (Å²) in [5.41, 5.74) is 3.06. The molecule has 3 rings (SSSR count). The standard InChI is InChI=1S/C23H23N3O6S/c1-3-32-17-9-11-18(12-10-17)33(29,30)26-20-7-5-4-6-19(20)23(28)25-24-15-16-8-13-22(31-2)21(27)14-16/h4-15,26-27H,3H2,1-2H3,(H,25,28)/b24-15+. The molecular weight excluding hydrogens is 446 g/mol. The molecule has 0 fully saturated rings. The average Bonchev–Trinajstić information content (AvgIpc) is 2.80. The number of phenols is 1. The number of phenolic OH excluding ortho intramolecular Hbond substituents is 1. The van der Waals surface area contributed by atoms with Gasteiger partial charge < -0.3 is 14.6 Å². The zero-order valence-corrected chi connectivity index (χ0v) is 18.8. The third kappa shape index (κ3) is 6.01. The molecule has 0 saturated heterocycles. The van der Waals surface area contributed by atoms with Crippen LogP contribution in [0.4, 0.5) is 5.69 Å². The lowest BCUT2D eigenvalue weighted by Crippen LogP contribution is -2.21. The third-order valence-electron chi connectivity index (χ3n) is 4.44. The summed E-state index contributed by atoms with van der Waals surface area (Å²) in [4.78, 5) is 12.6. The van der Waals surface area contributed by atoms with Crippen LogP contribution >= 0.6 is 0 Å². The number of para-hydroxylation sites is 1. The molecule has 33 heavy (non-hydrogen) atoms. The highest BCUT2D eigenvalue weighted by Gasteiger charge is 2.18. The van der Waals surface area contributed by atoms with Gasteiger partial charge in [-0.25, -0.2) is 13.8 Å². The molecule has 10 heteroatoms. The molecular formula is C23H23N3O6S. The van der Waals surface area contributed by atoms with Gasteiger partial charge in [0.25, 0.3) is 15.9 Å². The molecule has 172 valence electrons. The topological polar surface area (TPSA) is 126 Å². The molecule has 3 aromatic rings. The predicted octanol–water partition coefficient (Wildman–Crippen LogP) is 3.36. The number of hydrogen-bond acceptors (Lipinski definition) is 7. The molecule has 0 aromatic heterocycles. The number of ether oxygens (including phenoxy) is 2. The Balaban J connectivity index is 1.74. The Kier molecular flexibility index (Phi) is 7.52. The molecule has 0 spiro atoms. The number of methoxy groups -OCH3 is 1. The molecule has 0 aliphatic rings. The van der Waals surface area contributed by atoms with E-state index in [1.165, 1.54) is 43.7 Å². The summed E-state index contributed by atoms with van der Waals surface area (Å²) >= 11 is 0. The van der Waals surface area contributed by atoms with Crippen LogP contribution in [0.25, 0.3) is 0 Å². The van der Waals surface area contributed by atoms with Crippen molar-refractivity contribution in [3.8, 4) is 17.2 Å². The van der Waals surface area contributed by atoms with Crippen molar-refractivity contribution in [2.45, 2.75) is 11.8 Å². The van der Waals surface area contributed by atoms with E-state index in [0.717, 1.165) is 0 Å². The molecule has 1 amide bonds. The lowest BCUT2D eigenvalue weighted by atomic mass is 10.2. The highest BCUT2D eigenvalue weighted by Crippen LogP contribution is 2.25. The zero-order chi connectivity index (χ0) is 23.8. The van der Waals surface area contributed by atoms with Crippen molar-refractivity contribution in [3.63, 3.8) is 0 Å². The van der Waals surface area contributed by atoms with E-state index in [1.807, 2.05) is 6.92 Å². The number of hydrogen-bond donors (Lipinski definition) is 3. The monoisotopic (exact) mass is 469 g/mol. The van der Waals surface area contributed by atoms with E-state index in [4.69, 9.17) is 9.47 Å². The Morgan fingerprint density at radius 2 is 1.82 bits per heavy atom. The first kappa shape index (κ1) is 23.6. The fourth-order valence-corrected chi connectivity index (χ4v) is 3.95. The van der Waals surface area contributed by atoms with Crippen LogP contribution in [0.15, 0.2) is 76.7 Å². The van der Waals surface area contributed by atoms with Gasteiger partial charge in [-0.15, -0.1) is 0 Å². The summed E-state index contributed by atoms with van der Waals surface area (Å²) in [5.74, 6) is 0.181. The van der Waals surface area contributed by atoms with Crippen molar-refractivity contribution in [1.29, 1.82) is 0 Å². The van der Waals surface area contributed by atoms with Gasteiger partial charge in [-0.2, -0.15) is 5.10 Å². The summed E-state index contributed by atoms with van der Waals surface area (Å²) in [6.45, 7) is 2.30. The Bertz CT molecular complexity index is 1260. The summed E-state index contributed by atoms with van der Waals surface area (Å²) in [6, 6.07) is 16.8. The number of carbonyl (C=O) groups excluding carboxylic acids is 1. The van der Waals surface area contributed by atoms with E-state index in [-0.39, 0.29) is 21.9 Å². The number of rotatable bonds is 9. The number of hydrazone groups is 1. The number of anilines is 1. The van der Waals surface area contributed by atoms with Crippen LogP contribution in [0.1, 0.15) is 22.8 Å². The van der Waals surface area contributed by atoms with Crippen LogP contribution in [-0.4, -0.2) is 39.4 Å². The van der Waals surface area contributed by atoms with E-state index in [2.05, 4.69) is 15.2 Å². The van der Waals surface area contributed by atoms with Gasteiger partial charge in [-0.1, -0.05) is 12.1 Å². The maximum atomic E-state index is 12.8. The van der Waals surface area contributed by atoms with Gasteiger partial charge in [0, 0.05) is 0 Å². The first-order valence-electron chi connectivity index (χ1n) is 9.89. The smallest absolute Gasteiger partial charge is 0.273 e. The molecule has 3 aromatic carbocycles.